The number of nitrogens with one attached hydrogen (secondary N) is 2. The van der Waals surface area contributed by atoms with Gasteiger partial charge in [-0.3, -0.25) is 4.79 Å². The molecule has 2 rings (SSSR count). The fourth-order valence-electron chi connectivity index (χ4n) is 1.90. The lowest BCUT2D eigenvalue weighted by molar-refractivity contribution is -0.114. The molecule has 0 aromatic heterocycles. The molecule has 2 aromatic rings. The quantitative estimate of drug-likeness (QED) is 0.566. The second kappa shape index (κ2) is 7.78. The van der Waals surface area contributed by atoms with Crippen molar-refractivity contribution < 1.29 is 4.79 Å². The fourth-order valence-corrected chi connectivity index (χ4v) is 2.26. The molecule has 0 bridgehead atoms. The number of anilines is 2. The van der Waals surface area contributed by atoms with Crippen molar-refractivity contribution >= 4 is 39.2 Å². The van der Waals surface area contributed by atoms with Gasteiger partial charge in [0.25, 0.3) is 0 Å². The number of carbonyl (C=O) groups is 1. The maximum atomic E-state index is 12.0. The van der Waals surface area contributed by atoms with E-state index < -0.39 is 0 Å². The van der Waals surface area contributed by atoms with Crippen LogP contribution in [-0.2, 0) is 4.79 Å². The minimum atomic E-state index is -0.222. The minimum absolute atomic E-state index is 0.0450. The van der Waals surface area contributed by atoms with E-state index in [1.807, 2.05) is 56.3 Å². The van der Waals surface area contributed by atoms with Crippen LogP contribution >= 0.6 is 15.9 Å². The van der Waals surface area contributed by atoms with Crippen molar-refractivity contribution in [3.05, 3.63) is 58.1 Å². The third-order valence-corrected chi connectivity index (χ3v) is 3.68. The molecular formula is C17H19BrN4O. The van der Waals surface area contributed by atoms with Crippen LogP contribution in [0.1, 0.15) is 11.1 Å². The minimum Gasteiger partial charge on any atom is -0.370 e. The summed E-state index contributed by atoms with van der Waals surface area (Å²) < 4.78 is 0.905. The molecule has 1 amide bonds. The molecule has 5 nitrogen and oxygen atoms in total. The number of nitrogens with zero attached hydrogens (tertiary/aromatic N) is 1. The Morgan fingerprint density at radius 3 is 2.52 bits per heavy atom. The lowest BCUT2D eigenvalue weighted by Crippen LogP contribution is -2.25. The topological polar surface area (TPSA) is 79.5 Å². The summed E-state index contributed by atoms with van der Waals surface area (Å²) in [6.45, 7) is 3.89. The third kappa shape index (κ3) is 5.41. The Kier molecular flexibility index (Phi) is 5.76. The molecule has 120 valence electrons. The van der Waals surface area contributed by atoms with E-state index in [2.05, 4.69) is 31.6 Å². The lowest BCUT2D eigenvalue weighted by Gasteiger charge is -2.08. The highest BCUT2D eigenvalue weighted by Crippen LogP contribution is 2.20. The highest BCUT2D eigenvalue weighted by molar-refractivity contribution is 9.10. The number of hydrogen-bond acceptors (Lipinski definition) is 2. The van der Waals surface area contributed by atoms with Gasteiger partial charge in [0.1, 0.15) is 6.54 Å². The van der Waals surface area contributed by atoms with E-state index in [-0.39, 0.29) is 18.4 Å². The van der Waals surface area contributed by atoms with Gasteiger partial charge in [0, 0.05) is 15.8 Å². The third-order valence-electron chi connectivity index (χ3n) is 3.19. The van der Waals surface area contributed by atoms with Gasteiger partial charge in [0.2, 0.25) is 5.91 Å². The number of carbonyl (C=O) groups excluding carboxylic acids is 1. The number of nitrogens with two attached hydrogens (primary N) is 1. The van der Waals surface area contributed by atoms with Gasteiger partial charge in [-0.1, -0.05) is 39.7 Å². The number of rotatable bonds is 4. The van der Waals surface area contributed by atoms with Crippen LogP contribution in [0.2, 0.25) is 0 Å². The van der Waals surface area contributed by atoms with Crippen molar-refractivity contribution in [3.8, 4) is 0 Å². The molecule has 0 fully saturated rings. The molecule has 0 spiro atoms. The Morgan fingerprint density at radius 2 is 1.83 bits per heavy atom. The van der Waals surface area contributed by atoms with Crippen LogP contribution in [0.5, 0.6) is 0 Å². The molecule has 0 aliphatic rings. The zero-order chi connectivity index (χ0) is 16.8. The van der Waals surface area contributed by atoms with Crippen molar-refractivity contribution in [1.29, 1.82) is 0 Å². The van der Waals surface area contributed by atoms with E-state index in [1.54, 1.807) is 0 Å². The van der Waals surface area contributed by atoms with Crippen LogP contribution in [-0.4, -0.2) is 18.4 Å². The van der Waals surface area contributed by atoms with Crippen LogP contribution in [0.3, 0.4) is 0 Å². The molecule has 4 N–H and O–H groups in total. The van der Waals surface area contributed by atoms with Crippen LogP contribution < -0.4 is 16.4 Å². The van der Waals surface area contributed by atoms with Crippen molar-refractivity contribution in [1.82, 2.24) is 0 Å². The predicted octanol–water partition coefficient (Wildman–Crippen LogP) is 3.43. The summed E-state index contributed by atoms with van der Waals surface area (Å²) in [6.07, 6.45) is 0. The second-order valence-corrected chi connectivity index (χ2v) is 6.12. The molecule has 0 heterocycles. The first-order valence-corrected chi connectivity index (χ1v) is 7.93. The Labute approximate surface area is 144 Å². The summed E-state index contributed by atoms with van der Waals surface area (Å²) >= 11 is 3.38. The van der Waals surface area contributed by atoms with E-state index in [1.165, 1.54) is 0 Å². The van der Waals surface area contributed by atoms with E-state index in [4.69, 9.17) is 5.73 Å². The van der Waals surface area contributed by atoms with Gasteiger partial charge >= 0.3 is 0 Å². The largest absolute Gasteiger partial charge is 0.370 e. The Morgan fingerprint density at radius 1 is 1.13 bits per heavy atom. The fraction of sp³-hybridized carbons (Fsp3) is 0.176. The molecule has 0 saturated carbocycles. The molecule has 6 heteroatoms. The standard InChI is InChI=1S/C17H19BrN4O/c1-11-3-7-14(8-4-11)21-17(19)20-10-16(23)22-15-9-13(18)6-5-12(15)2/h3-9H,10H2,1-2H3,(H,22,23)(H3,19,20,21). The number of hydrogen-bond donors (Lipinski definition) is 3. The van der Waals surface area contributed by atoms with E-state index in [0.29, 0.717) is 0 Å². The van der Waals surface area contributed by atoms with Crippen LogP contribution in [0.15, 0.2) is 51.9 Å². The van der Waals surface area contributed by atoms with Crippen molar-refractivity contribution in [3.63, 3.8) is 0 Å². The van der Waals surface area contributed by atoms with Gasteiger partial charge in [-0.25, -0.2) is 4.99 Å². The number of aliphatic imine (C=N–C) groups is 1. The maximum absolute atomic E-state index is 12.0. The number of benzene rings is 2. The molecule has 0 radical (unpaired) electrons. The Hall–Kier alpha value is -2.34. The lowest BCUT2D eigenvalue weighted by atomic mass is 10.2. The number of guanidine groups is 1. The zero-order valence-corrected chi connectivity index (χ0v) is 14.6. The smallest absolute Gasteiger partial charge is 0.246 e. The summed E-state index contributed by atoms with van der Waals surface area (Å²) in [7, 11) is 0. The maximum Gasteiger partial charge on any atom is 0.246 e. The molecule has 0 atom stereocenters. The SMILES string of the molecule is Cc1ccc(NC(N)=NCC(=O)Nc2cc(Br)ccc2C)cc1. The summed E-state index contributed by atoms with van der Waals surface area (Å²) in [5, 5.41) is 5.77. The first kappa shape index (κ1) is 17.0. The highest BCUT2D eigenvalue weighted by atomic mass is 79.9. The van der Waals surface area contributed by atoms with Gasteiger partial charge in [0.15, 0.2) is 5.96 Å². The van der Waals surface area contributed by atoms with Crippen molar-refractivity contribution in [2.24, 2.45) is 10.7 Å². The van der Waals surface area contributed by atoms with E-state index in [0.717, 1.165) is 27.0 Å². The molecule has 0 unspecified atom stereocenters. The van der Waals surface area contributed by atoms with Crippen LogP contribution in [0.25, 0.3) is 0 Å². The van der Waals surface area contributed by atoms with Gasteiger partial charge in [-0.15, -0.1) is 0 Å². The summed E-state index contributed by atoms with van der Waals surface area (Å²) in [5.74, 6) is -0.0187. The molecule has 23 heavy (non-hydrogen) atoms. The van der Waals surface area contributed by atoms with Gasteiger partial charge in [0.05, 0.1) is 0 Å². The molecule has 0 aliphatic carbocycles. The number of aryl methyl sites for hydroxylation is 2. The average Bonchev–Trinajstić information content (AvgIpc) is 2.51. The Bertz CT molecular complexity index is 726. The first-order chi connectivity index (χ1) is 10.9. The monoisotopic (exact) mass is 374 g/mol. The number of amides is 1. The Balaban J connectivity index is 1.92. The molecule has 0 aliphatic heterocycles. The van der Waals surface area contributed by atoms with Crippen molar-refractivity contribution in [2.45, 2.75) is 13.8 Å². The van der Waals surface area contributed by atoms with Crippen LogP contribution in [0.4, 0.5) is 11.4 Å². The second-order valence-electron chi connectivity index (χ2n) is 5.20. The summed E-state index contributed by atoms with van der Waals surface area (Å²) in [5.41, 5.74) is 9.52. The van der Waals surface area contributed by atoms with Gasteiger partial charge < -0.3 is 16.4 Å². The van der Waals surface area contributed by atoms with E-state index >= 15 is 0 Å². The molecular weight excluding hydrogens is 356 g/mol. The van der Waals surface area contributed by atoms with Gasteiger partial charge in [-0.2, -0.15) is 0 Å². The van der Waals surface area contributed by atoms with E-state index in [9.17, 15) is 4.79 Å². The summed E-state index contributed by atoms with van der Waals surface area (Å²) in [4.78, 5) is 16.0. The predicted molar refractivity (Wildman–Crippen MR) is 98.8 cm³/mol. The normalized spacial score (nSPS) is 11.2. The first-order valence-electron chi connectivity index (χ1n) is 7.13. The number of halogens is 1. The zero-order valence-electron chi connectivity index (χ0n) is 13.1. The molecule has 2 aromatic carbocycles. The van der Waals surface area contributed by atoms with Crippen molar-refractivity contribution in [2.75, 3.05) is 17.2 Å². The van der Waals surface area contributed by atoms with Crippen LogP contribution in [0, 0.1) is 13.8 Å². The highest BCUT2D eigenvalue weighted by Gasteiger charge is 2.05. The molecule has 0 saturated heterocycles. The average molecular weight is 375 g/mol. The van der Waals surface area contributed by atoms with Gasteiger partial charge in [-0.05, 0) is 43.7 Å². The summed E-state index contributed by atoms with van der Waals surface area (Å²) in [6, 6.07) is 13.5.